The average molecular weight is 209 g/mol. The Labute approximate surface area is 88.7 Å². The number of rotatable bonds is 6. The maximum absolute atomic E-state index is 10.6. The molecule has 0 bridgehead atoms. The largest absolute Gasteiger partial charge is 0.481 e. The third kappa shape index (κ3) is 4.10. The van der Waals surface area contributed by atoms with Crippen LogP contribution in [-0.2, 0) is 22.6 Å². The van der Waals surface area contributed by atoms with E-state index in [2.05, 4.69) is 0 Å². The van der Waals surface area contributed by atoms with Crippen LogP contribution in [0.15, 0.2) is 24.3 Å². The molecule has 0 aliphatic rings. The fraction of sp³-hybridized carbons (Fsp3) is 0.364. The monoisotopic (exact) mass is 209 g/mol. The predicted octanol–water partition coefficient (Wildman–Crippen LogP) is 0.789. The lowest BCUT2D eigenvalue weighted by molar-refractivity contribution is -0.136. The first-order valence-electron chi connectivity index (χ1n) is 4.80. The highest BCUT2D eigenvalue weighted by Crippen LogP contribution is 2.10. The molecular formula is C11H15NO3. The summed E-state index contributed by atoms with van der Waals surface area (Å²) in [4.78, 5) is 10.6. The Morgan fingerprint density at radius 1 is 1.33 bits per heavy atom. The van der Waals surface area contributed by atoms with Crippen LogP contribution in [0.1, 0.15) is 11.1 Å². The minimum Gasteiger partial charge on any atom is -0.481 e. The number of carboxylic acid groups (broad SMARTS) is 1. The van der Waals surface area contributed by atoms with Gasteiger partial charge in [-0.2, -0.15) is 0 Å². The number of hydrogen-bond acceptors (Lipinski definition) is 3. The summed E-state index contributed by atoms with van der Waals surface area (Å²) in [6, 6.07) is 7.36. The second-order valence-corrected chi connectivity index (χ2v) is 3.18. The predicted molar refractivity (Wildman–Crippen MR) is 56.5 cm³/mol. The first kappa shape index (κ1) is 11.7. The Balaban J connectivity index is 2.64. The van der Waals surface area contributed by atoms with E-state index in [0.29, 0.717) is 19.8 Å². The molecule has 0 atom stereocenters. The van der Waals surface area contributed by atoms with Crippen molar-refractivity contribution in [2.45, 2.75) is 13.0 Å². The Kier molecular flexibility index (Phi) is 4.80. The van der Waals surface area contributed by atoms with Crippen LogP contribution in [0.5, 0.6) is 0 Å². The summed E-state index contributed by atoms with van der Waals surface area (Å²) in [5.74, 6) is -0.832. The van der Waals surface area contributed by atoms with Crippen LogP contribution in [0.4, 0.5) is 0 Å². The molecule has 15 heavy (non-hydrogen) atoms. The molecular weight excluding hydrogens is 194 g/mol. The van der Waals surface area contributed by atoms with Crippen molar-refractivity contribution in [1.82, 2.24) is 0 Å². The van der Waals surface area contributed by atoms with Crippen LogP contribution < -0.4 is 5.73 Å². The second-order valence-electron chi connectivity index (χ2n) is 3.18. The minimum absolute atomic E-state index is 0.0299. The molecule has 0 aromatic heterocycles. The number of ether oxygens (including phenoxy) is 1. The lowest BCUT2D eigenvalue weighted by atomic mass is 10.1. The van der Waals surface area contributed by atoms with Crippen molar-refractivity contribution in [1.29, 1.82) is 0 Å². The second kappa shape index (κ2) is 6.16. The van der Waals surface area contributed by atoms with Gasteiger partial charge in [0.05, 0.1) is 19.6 Å². The zero-order valence-electron chi connectivity index (χ0n) is 8.48. The van der Waals surface area contributed by atoms with Crippen molar-refractivity contribution in [3.05, 3.63) is 35.4 Å². The molecule has 1 rings (SSSR count). The van der Waals surface area contributed by atoms with Crippen molar-refractivity contribution >= 4 is 5.97 Å². The summed E-state index contributed by atoms with van der Waals surface area (Å²) < 4.78 is 5.27. The van der Waals surface area contributed by atoms with Crippen molar-refractivity contribution < 1.29 is 14.6 Å². The fourth-order valence-corrected chi connectivity index (χ4v) is 1.30. The van der Waals surface area contributed by atoms with E-state index < -0.39 is 5.97 Å². The molecule has 0 saturated carbocycles. The number of nitrogens with two attached hydrogens (primary N) is 1. The van der Waals surface area contributed by atoms with Gasteiger partial charge in [0.2, 0.25) is 0 Å². The summed E-state index contributed by atoms with van der Waals surface area (Å²) in [6.07, 6.45) is 0.0299. The molecule has 1 aromatic carbocycles. The van der Waals surface area contributed by atoms with Crippen LogP contribution in [0.25, 0.3) is 0 Å². The molecule has 0 aliphatic heterocycles. The van der Waals surface area contributed by atoms with E-state index in [1.165, 1.54) is 0 Å². The van der Waals surface area contributed by atoms with Gasteiger partial charge in [-0.15, -0.1) is 0 Å². The smallest absolute Gasteiger partial charge is 0.307 e. The van der Waals surface area contributed by atoms with Gasteiger partial charge in [0, 0.05) is 6.54 Å². The first-order valence-corrected chi connectivity index (χ1v) is 4.80. The van der Waals surface area contributed by atoms with Crippen molar-refractivity contribution in [3.63, 3.8) is 0 Å². The van der Waals surface area contributed by atoms with Gasteiger partial charge in [0.25, 0.3) is 0 Å². The summed E-state index contributed by atoms with van der Waals surface area (Å²) in [5.41, 5.74) is 7.00. The Morgan fingerprint density at radius 2 is 2.00 bits per heavy atom. The summed E-state index contributed by atoms with van der Waals surface area (Å²) in [5, 5.41) is 8.70. The van der Waals surface area contributed by atoms with E-state index in [1.807, 2.05) is 18.2 Å². The van der Waals surface area contributed by atoms with Crippen LogP contribution in [-0.4, -0.2) is 24.2 Å². The normalized spacial score (nSPS) is 10.2. The molecule has 0 radical (unpaired) electrons. The van der Waals surface area contributed by atoms with Crippen molar-refractivity contribution in [2.24, 2.45) is 5.73 Å². The van der Waals surface area contributed by atoms with Crippen LogP contribution >= 0.6 is 0 Å². The number of aliphatic carboxylic acids is 1. The van der Waals surface area contributed by atoms with Gasteiger partial charge in [0.15, 0.2) is 0 Å². The third-order valence-corrected chi connectivity index (χ3v) is 1.98. The first-order chi connectivity index (χ1) is 7.24. The van der Waals surface area contributed by atoms with Gasteiger partial charge in [-0.3, -0.25) is 4.79 Å². The SMILES string of the molecule is NCCOCc1ccccc1CC(=O)O. The molecule has 0 amide bonds. The Bertz CT molecular complexity index is 325. The molecule has 0 aliphatic carbocycles. The highest BCUT2D eigenvalue weighted by atomic mass is 16.5. The molecule has 1 aromatic rings. The number of hydrogen-bond donors (Lipinski definition) is 2. The maximum atomic E-state index is 10.6. The van der Waals surface area contributed by atoms with Crippen molar-refractivity contribution in [3.8, 4) is 0 Å². The van der Waals surface area contributed by atoms with Gasteiger partial charge in [-0.1, -0.05) is 24.3 Å². The minimum atomic E-state index is -0.832. The molecule has 82 valence electrons. The van der Waals surface area contributed by atoms with Gasteiger partial charge < -0.3 is 15.6 Å². The lowest BCUT2D eigenvalue weighted by Crippen LogP contribution is -2.10. The topological polar surface area (TPSA) is 72.5 Å². The lowest BCUT2D eigenvalue weighted by Gasteiger charge is -2.07. The Hall–Kier alpha value is -1.39. The van der Waals surface area contributed by atoms with E-state index in [0.717, 1.165) is 11.1 Å². The van der Waals surface area contributed by atoms with E-state index in [4.69, 9.17) is 15.6 Å². The van der Waals surface area contributed by atoms with Gasteiger partial charge in [-0.05, 0) is 11.1 Å². The standard InChI is InChI=1S/C11H15NO3/c12-5-6-15-8-10-4-2-1-3-9(10)7-11(13)14/h1-4H,5-8,12H2,(H,13,14). The number of carbonyl (C=O) groups is 1. The highest BCUT2D eigenvalue weighted by molar-refractivity contribution is 5.70. The van der Waals surface area contributed by atoms with E-state index in [1.54, 1.807) is 6.07 Å². The summed E-state index contributed by atoms with van der Waals surface area (Å²) in [6.45, 7) is 1.38. The quantitative estimate of drug-likeness (QED) is 0.679. The van der Waals surface area contributed by atoms with Crippen LogP contribution in [0.2, 0.25) is 0 Å². The van der Waals surface area contributed by atoms with Crippen LogP contribution in [0, 0.1) is 0 Å². The third-order valence-electron chi connectivity index (χ3n) is 1.98. The average Bonchev–Trinajstić information content (AvgIpc) is 2.20. The van der Waals surface area contributed by atoms with E-state index in [-0.39, 0.29) is 6.42 Å². The molecule has 3 N–H and O–H groups in total. The molecule has 0 unspecified atom stereocenters. The summed E-state index contributed by atoms with van der Waals surface area (Å²) >= 11 is 0. The van der Waals surface area contributed by atoms with Gasteiger partial charge in [-0.25, -0.2) is 0 Å². The molecule has 0 fully saturated rings. The fourth-order valence-electron chi connectivity index (χ4n) is 1.30. The zero-order chi connectivity index (χ0) is 11.1. The van der Waals surface area contributed by atoms with Gasteiger partial charge >= 0.3 is 5.97 Å². The number of benzene rings is 1. The summed E-state index contributed by atoms with van der Waals surface area (Å²) in [7, 11) is 0. The molecule has 0 heterocycles. The maximum Gasteiger partial charge on any atom is 0.307 e. The zero-order valence-corrected chi connectivity index (χ0v) is 8.48. The van der Waals surface area contributed by atoms with Gasteiger partial charge in [0.1, 0.15) is 0 Å². The molecule has 4 heteroatoms. The Morgan fingerprint density at radius 3 is 2.60 bits per heavy atom. The van der Waals surface area contributed by atoms with Crippen molar-refractivity contribution in [2.75, 3.05) is 13.2 Å². The van der Waals surface area contributed by atoms with Crippen LogP contribution in [0.3, 0.4) is 0 Å². The van der Waals surface area contributed by atoms with E-state index >= 15 is 0 Å². The molecule has 0 spiro atoms. The number of carboxylic acids is 1. The molecule has 4 nitrogen and oxygen atoms in total. The van der Waals surface area contributed by atoms with E-state index in [9.17, 15) is 4.79 Å². The molecule has 0 saturated heterocycles. The highest BCUT2D eigenvalue weighted by Gasteiger charge is 2.05.